The standard InChI is InChI=1S/C8H13N5/c1-5(2)8-7(4-10-13-9)6(3)11-12-8/h5H,4H2,1-3H3,(H,11,12). The summed E-state index contributed by atoms with van der Waals surface area (Å²) in [5, 5.41) is 10.6. The fourth-order valence-electron chi connectivity index (χ4n) is 1.25. The SMILES string of the molecule is Cc1[nH]nc(C(C)C)c1CN=[N+]=[N-]. The molecule has 70 valence electrons. The molecule has 0 atom stereocenters. The van der Waals surface area contributed by atoms with Gasteiger partial charge in [-0.15, -0.1) is 0 Å². The first-order valence-electron chi connectivity index (χ1n) is 4.21. The number of aryl methyl sites for hydroxylation is 1. The van der Waals surface area contributed by atoms with E-state index >= 15 is 0 Å². The average Bonchev–Trinajstić information content (AvgIpc) is 2.43. The first-order valence-corrected chi connectivity index (χ1v) is 4.21. The van der Waals surface area contributed by atoms with Crippen molar-refractivity contribution in [3.05, 3.63) is 27.4 Å². The van der Waals surface area contributed by atoms with Gasteiger partial charge in [0, 0.05) is 16.2 Å². The third-order valence-corrected chi connectivity index (χ3v) is 1.94. The first-order chi connectivity index (χ1) is 6.16. The molecule has 0 aliphatic rings. The third-order valence-electron chi connectivity index (χ3n) is 1.94. The molecular weight excluding hydrogens is 166 g/mol. The molecule has 13 heavy (non-hydrogen) atoms. The van der Waals surface area contributed by atoms with Gasteiger partial charge < -0.3 is 0 Å². The Hall–Kier alpha value is -1.48. The molecule has 0 amide bonds. The van der Waals surface area contributed by atoms with Gasteiger partial charge in [-0.1, -0.05) is 19.0 Å². The van der Waals surface area contributed by atoms with Gasteiger partial charge in [0.1, 0.15) is 0 Å². The zero-order valence-corrected chi connectivity index (χ0v) is 8.07. The number of rotatable bonds is 3. The van der Waals surface area contributed by atoms with Crippen LogP contribution in [0.4, 0.5) is 0 Å². The minimum Gasteiger partial charge on any atom is -0.282 e. The first kappa shape index (κ1) is 9.61. The van der Waals surface area contributed by atoms with Gasteiger partial charge in [-0.3, -0.25) is 5.10 Å². The van der Waals surface area contributed by atoms with E-state index in [1.165, 1.54) is 0 Å². The van der Waals surface area contributed by atoms with Crippen LogP contribution in [-0.2, 0) is 6.54 Å². The maximum absolute atomic E-state index is 8.21. The Morgan fingerprint density at radius 2 is 2.31 bits per heavy atom. The lowest BCUT2D eigenvalue weighted by molar-refractivity contribution is 0.794. The van der Waals surface area contributed by atoms with E-state index < -0.39 is 0 Å². The molecule has 1 aromatic rings. The van der Waals surface area contributed by atoms with Crippen LogP contribution in [0.2, 0.25) is 0 Å². The molecule has 1 N–H and O–H groups in total. The summed E-state index contributed by atoms with van der Waals surface area (Å²) in [6.07, 6.45) is 0. The molecule has 0 saturated heterocycles. The van der Waals surface area contributed by atoms with Gasteiger partial charge in [0.25, 0.3) is 0 Å². The second kappa shape index (κ2) is 3.96. The van der Waals surface area contributed by atoms with E-state index in [0.717, 1.165) is 17.0 Å². The Labute approximate surface area is 76.8 Å². The van der Waals surface area contributed by atoms with Gasteiger partial charge in [0.15, 0.2) is 0 Å². The van der Waals surface area contributed by atoms with Crippen LogP contribution in [0, 0.1) is 6.92 Å². The summed E-state index contributed by atoms with van der Waals surface area (Å²) in [7, 11) is 0. The lowest BCUT2D eigenvalue weighted by Gasteiger charge is -2.02. The average molecular weight is 179 g/mol. The molecule has 0 radical (unpaired) electrons. The van der Waals surface area contributed by atoms with Crippen molar-refractivity contribution in [2.45, 2.75) is 33.2 Å². The highest BCUT2D eigenvalue weighted by atomic mass is 15.2. The molecule has 0 bridgehead atoms. The Bertz CT molecular complexity index is 332. The molecule has 5 nitrogen and oxygen atoms in total. The fraction of sp³-hybridized carbons (Fsp3) is 0.625. The smallest absolute Gasteiger partial charge is 0.0683 e. The van der Waals surface area contributed by atoms with Crippen LogP contribution in [-0.4, -0.2) is 10.2 Å². The fourth-order valence-corrected chi connectivity index (χ4v) is 1.25. The summed E-state index contributed by atoms with van der Waals surface area (Å²) >= 11 is 0. The number of aromatic amines is 1. The number of nitrogens with one attached hydrogen (secondary N) is 1. The molecule has 1 rings (SSSR count). The highest BCUT2D eigenvalue weighted by Gasteiger charge is 2.11. The predicted octanol–water partition coefficient (Wildman–Crippen LogP) is 2.65. The minimum absolute atomic E-state index is 0.355. The molecule has 5 heteroatoms. The number of hydrogen-bond acceptors (Lipinski definition) is 2. The highest BCUT2D eigenvalue weighted by Crippen LogP contribution is 2.20. The monoisotopic (exact) mass is 179 g/mol. The summed E-state index contributed by atoms with van der Waals surface area (Å²) in [5.41, 5.74) is 11.2. The van der Waals surface area contributed by atoms with E-state index in [1.807, 2.05) is 6.92 Å². The van der Waals surface area contributed by atoms with Crippen molar-refractivity contribution in [1.29, 1.82) is 0 Å². The molecule has 1 heterocycles. The molecule has 0 aliphatic carbocycles. The Balaban J connectivity index is 3.00. The summed E-state index contributed by atoms with van der Waals surface area (Å²) in [6.45, 7) is 6.44. The van der Waals surface area contributed by atoms with Crippen LogP contribution in [0.15, 0.2) is 5.11 Å². The Morgan fingerprint density at radius 3 is 2.85 bits per heavy atom. The van der Waals surface area contributed by atoms with E-state index in [-0.39, 0.29) is 0 Å². The van der Waals surface area contributed by atoms with E-state index in [9.17, 15) is 0 Å². The maximum atomic E-state index is 8.21. The molecule has 0 aromatic carbocycles. The van der Waals surface area contributed by atoms with E-state index in [0.29, 0.717) is 12.5 Å². The molecule has 0 unspecified atom stereocenters. The van der Waals surface area contributed by atoms with Crippen molar-refractivity contribution < 1.29 is 0 Å². The molecule has 0 saturated carbocycles. The Morgan fingerprint density at radius 1 is 1.62 bits per heavy atom. The van der Waals surface area contributed by atoms with Gasteiger partial charge in [-0.05, 0) is 18.4 Å². The molecule has 0 aliphatic heterocycles. The zero-order valence-electron chi connectivity index (χ0n) is 8.07. The quantitative estimate of drug-likeness (QED) is 0.432. The molecular formula is C8H13N5. The molecule has 0 fully saturated rings. The summed E-state index contributed by atoms with van der Waals surface area (Å²) < 4.78 is 0. The molecule has 0 spiro atoms. The van der Waals surface area contributed by atoms with Crippen molar-refractivity contribution in [2.75, 3.05) is 0 Å². The van der Waals surface area contributed by atoms with Gasteiger partial charge in [-0.25, -0.2) is 0 Å². The lowest BCUT2D eigenvalue weighted by atomic mass is 10.0. The van der Waals surface area contributed by atoms with Crippen LogP contribution in [0.5, 0.6) is 0 Å². The number of azide groups is 1. The van der Waals surface area contributed by atoms with Crippen molar-refractivity contribution in [3.8, 4) is 0 Å². The largest absolute Gasteiger partial charge is 0.282 e. The van der Waals surface area contributed by atoms with Crippen LogP contribution < -0.4 is 0 Å². The summed E-state index contributed by atoms with van der Waals surface area (Å²) in [4.78, 5) is 2.74. The number of H-pyrrole nitrogens is 1. The summed E-state index contributed by atoms with van der Waals surface area (Å²) in [5.74, 6) is 0.355. The number of aromatic nitrogens is 2. The van der Waals surface area contributed by atoms with E-state index in [2.05, 4.69) is 34.1 Å². The van der Waals surface area contributed by atoms with Crippen LogP contribution >= 0.6 is 0 Å². The second-order valence-corrected chi connectivity index (χ2v) is 3.26. The number of nitrogens with zero attached hydrogens (tertiary/aromatic N) is 4. The molecule has 1 aromatic heterocycles. The number of hydrogen-bond donors (Lipinski definition) is 1. The van der Waals surface area contributed by atoms with Crippen LogP contribution in [0.25, 0.3) is 10.4 Å². The van der Waals surface area contributed by atoms with Crippen molar-refractivity contribution >= 4 is 0 Å². The van der Waals surface area contributed by atoms with Gasteiger partial charge >= 0.3 is 0 Å². The van der Waals surface area contributed by atoms with E-state index in [4.69, 9.17) is 5.53 Å². The second-order valence-electron chi connectivity index (χ2n) is 3.26. The van der Waals surface area contributed by atoms with Crippen molar-refractivity contribution in [1.82, 2.24) is 10.2 Å². The predicted molar refractivity (Wildman–Crippen MR) is 50.3 cm³/mol. The lowest BCUT2D eigenvalue weighted by Crippen LogP contribution is -1.93. The topological polar surface area (TPSA) is 77.4 Å². The minimum atomic E-state index is 0.355. The van der Waals surface area contributed by atoms with Crippen molar-refractivity contribution in [3.63, 3.8) is 0 Å². The van der Waals surface area contributed by atoms with Crippen LogP contribution in [0.1, 0.15) is 36.7 Å². The van der Waals surface area contributed by atoms with Crippen LogP contribution in [0.3, 0.4) is 0 Å². The third kappa shape index (κ3) is 2.00. The summed E-state index contributed by atoms with van der Waals surface area (Å²) in [6, 6.07) is 0. The normalized spacial score (nSPS) is 10.2. The van der Waals surface area contributed by atoms with Gasteiger partial charge in [0.05, 0.1) is 12.2 Å². The van der Waals surface area contributed by atoms with Crippen molar-refractivity contribution in [2.24, 2.45) is 5.11 Å². The maximum Gasteiger partial charge on any atom is 0.0683 e. The van der Waals surface area contributed by atoms with E-state index in [1.54, 1.807) is 0 Å². The Kier molecular flexibility index (Phi) is 2.93. The van der Waals surface area contributed by atoms with Gasteiger partial charge in [-0.2, -0.15) is 5.10 Å². The highest BCUT2D eigenvalue weighted by molar-refractivity contribution is 5.26. The van der Waals surface area contributed by atoms with Gasteiger partial charge in [0.2, 0.25) is 0 Å². The zero-order chi connectivity index (χ0) is 9.84.